The fraction of sp³-hybridized carbons (Fsp3) is 0.167. The van der Waals surface area contributed by atoms with Gasteiger partial charge < -0.3 is 9.47 Å². The van der Waals surface area contributed by atoms with Crippen LogP contribution in [0, 0.1) is 5.82 Å². The molecule has 0 radical (unpaired) electrons. The van der Waals surface area contributed by atoms with E-state index in [0.29, 0.717) is 11.6 Å². The lowest BCUT2D eigenvalue weighted by atomic mass is 10.3. The number of benzene rings is 2. The number of hydrogen-bond acceptors (Lipinski definition) is 7. The van der Waals surface area contributed by atoms with E-state index >= 15 is 0 Å². The zero-order valence-electron chi connectivity index (χ0n) is 15.1. The average Bonchev–Trinajstić information content (AvgIpc) is 3.18. The number of nitrogens with zero attached hydrogens (tertiary/aromatic N) is 4. The molecule has 0 fully saturated rings. The third-order valence-electron chi connectivity index (χ3n) is 3.43. The molecule has 0 saturated carbocycles. The molecular formula is C18H17FN6O4. The third-order valence-corrected chi connectivity index (χ3v) is 3.43. The molecule has 29 heavy (non-hydrogen) atoms. The van der Waals surface area contributed by atoms with Crippen molar-refractivity contribution >= 4 is 11.8 Å². The molecule has 0 bridgehead atoms. The quantitative estimate of drug-likeness (QED) is 0.532. The SMILES string of the molecule is O=C(COc1ccccc1F)NNC(=O)Cn1nnc(COc2ccccc2)n1. The van der Waals surface area contributed by atoms with Gasteiger partial charge in [-0.3, -0.25) is 20.4 Å². The minimum atomic E-state index is -0.662. The van der Waals surface area contributed by atoms with Gasteiger partial charge in [-0.15, -0.1) is 10.2 Å². The van der Waals surface area contributed by atoms with E-state index in [1.807, 2.05) is 18.2 Å². The number of nitrogens with one attached hydrogen (secondary N) is 2. The van der Waals surface area contributed by atoms with Gasteiger partial charge in [0.25, 0.3) is 11.8 Å². The Kier molecular flexibility index (Phi) is 6.66. The van der Waals surface area contributed by atoms with Crippen molar-refractivity contribution in [1.29, 1.82) is 0 Å². The third kappa shape index (κ3) is 6.27. The minimum absolute atomic E-state index is 0.0638. The first-order valence-electron chi connectivity index (χ1n) is 8.49. The molecule has 0 atom stereocenters. The lowest BCUT2D eigenvalue weighted by Crippen LogP contribution is -2.45. The Morgan fingerprint density at radius 1 is 0.966 bits per heavy atom. The van der Waals surface area contributed by atoms with Gasteiger partial charge >= 0.3 is 0 Å². The summed E-state index contributed by atoms with van der Waals surface area (Å²) in [5, 5.41) is 11.5. The van der Waals surface area contributed by atoms with E-state index in [9.17, 15) is 14.0 Å². The first kappa shape index (κ1) is 19.7. The molecule has 0 aliphatic carbocycles. The number of aromatic nitrogens is 4. The Labute approximate surface area is 164 Å². The maximum atomic E-state index is 13.4. The lowest BCUT2D eigenvalue weighted by Gasteiger charge is -2.08. The standard InChI is InChI=1S/C18H17FN6O4/c19-14-8-4-5-9-15(14)29-12-18(27)22-21-17(26)10-25-23-16(20-24-25)11-28-13-6-2-1-3-7-13/h1-9H,10-12H2,(H,21,26)(H,22,27). The normalized spacial score (nSPS) is 10.2. The van der Waals surface area contributed by atoms with Crippen molar-refractivity contribution in [2.24, 2.45) is 0 Å². The summed E-state index contributed by atoms with van der Waals surface area (Å²) in [5.74, 6) is -0.951. The zero-order chi connectivity index (χ0) is 20.5. The second-order valence-corrected chi connectivity index (χ2v) is 5.65. The van der Waals surface area contributed by atoms with Crippen LogP contribution in [0.2, 0.25) is 0 Å². The number of halogens is 1. The first-order valence-corrected chi connectivity index (χ1v) is 8.49. The molecule has 0 unspecified atom stereocenters. The van der Waals surface area contributed by atoms with Gasteiger partial charge in [-0.05, 0) is 29.5 Å². The number of hydrazine groups is 1. The Bertz CT molecular complexity index is 966. The van der Waals surface area contributed by atoms with Crippen molar-refractivity contribution in [3.63, 3.8) is 0 Å². The number of rotatable bonds is 8. The number of carbonyl (C=O) groups is 2. The van der Waals surface area contributed by atoms with E-state index in [2.05, 4.69) is 26.3 Å². The van der Waals surface area contributed by atoms with Gasteiger partial charge in [0.05, 0.1) is 0 Å². The van der Waals surface area contributed by atoms with Crippen LogP contribution in [0.3, 0.4) is 0 Å². The largest absolute Gasteiger partial charge is 0.485 e. The second-order valence-electron chi connectivity index (χ2n) is 5.65. The minimum Gasteiger partial charge on any atom is -0.485 e. The van der Waals surface area contributed by atoms with Crippen LogP contribution in [0.1, 0.15) is 5.82 Å². The Hall–Kier alpha value is -4.02. The van der Waals surface area contributed by atoms with Gasteiger partial charge in [0, 0.05) is 0 Å². The summed E-state index contributed by atoms with van der Waals surface area (Å²) >= 11 is 0. The number of ether oxygens (including phenoxy) is 2. The summed E-state index contributed by atoms with van der Waals surface area (Å²) in [7, 11) is 0. The lowest BCUT2D eigenvalue weighted by molar-refractivity contribution is -0.130. The van der Waals surface area contributed by atoms with Crippen molar-refractivity contribution < 1.29 is 23.5 Å². The van der Waals surface area contributed by atoms with Crippen LogP contribution in [0.4, 0.5) is 4.39 Å². The maximum absolute atomic E-state index is 13.4. The highest BCUT2D eigenvalue weighted by Crippen LogP contribution is 2.14. The van der Waals surface area contributed by atoms with Crippen LogP contribution in [-0.4, -0.2) is 38.6 Å². The van der Waals surface area contributed by atoms with Crippen molar-refractivity contribution in [2.75, 3.05) is 6.61 Å². The zero-order valence-corrected chi connectivity index (χ0v) is 15.1. The molecule has 0 spiro atoms. The molecule has 10 nitrogen and oxygen atoms in total. The van der Waals surface area contributed by atoms with Crippen molar-refractivity contribution in [2.45, 2.75) is 13.2 Å². The molecular weight excluding hydrogens is 383 g/mol. The summed E-state index contributed by atoms with van der Waals surface area (Å²) in [6, 6.07) is 14.8. The van der Waals surface area contributed by atoms with Gasteiger partial charge in [0.1, 0.15) is 12.3 Å². The topological polar surface area (TPSA) is 120 Å². The summed E-state index contributed by atoms with van der Waals surface area (Å²) < 4.78 is 23.9. The van der Waals surface area contributed by atoms with E-state index in [1.165, 1.54) is 18.2 Å². The van der Waals surface area contributed by atoms with Crippen LogP contribution in [0.25, 0.3) is 0 Å². The van der Waals surface area contributed by atoms with E-state index in [1.54, 1.807) is 18.2 Å². The van der Waals surface area contributed by atoms with Gasteiger partial charge in [0.2, 0.25) is 5.82 Å². The highest BCUT2D eigenvalue weighted by Gasteiger charge is 2.10. The molecule has 0 saturated heterocycles. The van der Waals surface area contributed by atoms with Gasteiger partial charge in [-0.25, -0.2) is 4.39 Å². The summed E-state index contributed by atoms with van der Waals surface area (Å²) in [5.41, 5.74) is 4.32. The van der Waals surface area contributed by atoms with Crippen molar-refractivity contribution in [1.82, 2.24) is 31.1 Å². The molecule has 0 aliphatic rings. The van der Waals surface area contributed by atoms with E-state index in [-0.39, 0.29) is 18.9 Å². The summed E-state index contributed by atoms with van der Waals surface area (Å²) in [4.78, 5) is 24.6. The number of tetrazole rings is 1. The first-order chi connectivity index (χ1) is 14.1. The average molecular weight is 400 g/mol. The maximum Gasteiger partial charge on any atom is 0.276 e. The Balaban J connectivity index is 1.37. The monoisotopic (exact) mass is 400 g/mol. The second kappa shape index (κ2) is 9.78. The predicted octanol–water partition coefficient (Wildman–Crippen LogP) is 0.618. The Morgan fingerprint density at radius 3 is 2.48 bits per heavy atom. The predicted molar refractivity (Wildman–Crippen MR) is 96.8 cm³/mol. The summed E-state index contributed by atoms with van der Waals surface area (Å²) in [6.45, 7) is -0.647. The van der Waals surface area contributed by atoms with Gasteiger partial charge in [-0.1, -0.05) is 30.3 Å². The van der Waals surface area contributed by atoms with Crippen LogP contribution in [0.5, 0.6) is 11.5 Å². The summed E-state index contributed by atoms with van der Waals surface area (Å²) in [6.07, 6.45) is 0. The number of para-hydroxylation sites is 2. The highest BCUT2D eigenvalue weighted by molar-refractivity contribution is 5.82. The van der Waals surface area contributed by atoms with Crippen molar-refractivity contribution in [3.8, 4) is 11.5 Å². The van der Waals surface area contributed by atoms with Gasteiger partial charge in [-0.2, -0.15) is 4.80 Å². The Morgan fingerprint density at radius 2 is 1.69 bits per heavy atom. The molecule has 3 rings (SSSR count). The molecule has 3 aromatic rings. The number of hydrogen-bond donors (Lipinski definition) is 2. The fourth-order valence-electron chi connectivity index (χ4n) is 2.11. The molecule has 2 aromatic carbocycles. The molecule has 2 N–H and O–H groups in total. The molecule has 1 heterocycles. The van der Waals surface area contributed by atoms with Gasteiger partial charge in [0.15, 0.2) is 24.8 Å². The molecule has 1 aromatic heterocycles. The van der Waals surface area contributed by atoms with Crippen LogP contribution in [0.15, 0.2) is 54.6 Å². The number of carbonyl (C=O) groups excluding carboxylic acids is 2. The fourth-order valence-corrected chi connectivity index (χ4v) is 2.11. The van der Waals surface area contributed by atoms with E-state index in [0.717, 1.165) is 4.80 Å². The van der Waals surface area contributed by atoms with Crippen molar-refractivity contribution in [3.05, 3.63) is 66.2 Å². The van der Waals surface area contributed by atoms with Crippen LogP contribution < -0.4 is 20.3 Å². The molecule has 2 amide bonds. The van der Waals surface area contributed by atoms with Crippen LogP contribution in [-0.2, 0) is 22.7 Å². The number of amides is 2. The smallest absolute Gasteiger partial charge is 0.276 e. The van der Waals surface area contributed by atoms with E-state index < -0.39 is 24.2 Å². The molecule has 11 heteroatoms. The van der Waals surface area contributed by atoms with Crippen LogP contribution >= 0.6 is 0 Å². The highest BCUT2D eigenvalue weighted by atomic mass is 19.1. The molecule has 0 aliphatic heterocycles. The van der Waals surface area contributed by atoms with E-state index in [4.69, 9.17) is 9.47 Å². The molecule has 150 valence electrons.